The summed E-state index contributed by atoms with van der Waals surface area (Å²) >= 11 is 5.83. The number of ether oxygens (including phenoxy) is 2. The molecule has 3 amide bonds. The number of hydrogen-bond donors (Lipinski definition) is 2. The SMILES string of the molecule is COc1ccc(N2C[C@@H](NC(=O)Nc3ccc(Cl)cc3)CC2=O)cc1OC. The highest BCUT2D eigenvalue weighted by Crippen LogP contribution is 2.33. The molecule has 2 aromatic carbocycles. The van der Waals surface area contributed by atoms with E-state index in [1.54, 1.807) is 61.6 Å². The molecular weight excluding hydrogens is 370 g/mol. The van der Waals surface area contributed by atoms with Crippen LogP contribution in [0.2, 0.25) is 5.02 Å². The number of hydrogen-bond acceptors (Lipinski definition) is 4. The van der Waals surface area contributed by atoms with Gasteiger partial charge in [-0.2, -0.15) is 0 Å². The number of nitrogens with one attached hydrogen (secondary N) is 2. The van der Waals surface area contributed by atoms with Crippen LogP contribution in [0.15, 0.2) is 42.5 Å². The fourth-order valence-electron chi connectivity index (χ4n) is 2.93. The average Bonchev–Trinajstić information content (AvgIpc) is 3.02. The zero-order valence-corrected chi connectivity index (χ0v) is 15.7. The maximum atomic E-state index is 12.4. The van der Waals surface area contributed by atoms with Crippen molar-refractivity contribution >= 4 is 34.9 Å². The summed E-state index contributed by atoms with van der Waals surface area (Å²) in [6.45, 7) is 0.377. The summed E-state index contributed by atoms with van der Waals surface area (Å²) < 4.78 is 10.5. The van der Waals surface area contributed by atoms with E-state index in [2.05, 4.69) is 10.6 Å². The Morgan fingerprint density at radius 1 is 1.11 bits per heavy atom. The van der Waals surface area contributed by atoms with Gasteiger partial charge in [0.2, 0.25) is 5.91 Å². The van der Waals surface area contributed by atoms with E-state index in [0.29, 0.717) is 34.4 Å². The zero-order chi connectivity index (χ0) is 19.4. The Labute approximate surface area is 162 Å². The Hall–Kier alpha value is -2.93. The van der Waals surface area contributed by atoms with Crippen molar-refractivity contribution in [2.75, 3.05) is 31.0 Å². The summed E-state index contributed by atoms with van der Waals surface area (Å²) in [6, 6.07) is 11.4. The molecule has 7 nitrogen and oxygen atoms in total. The highest BCUT2D eigenvalue weighted by molar-refractivity contribution is 6.30. The molecule has 0 bridgehead atoms. The molecule has 0 radical (unpaired) electrons. The van der Waals surface area contributed by atoms with Crippen LogP contribution < -0.4 is 25.0 Å². The van der Waals surface area contributed by atoms with Crippen molar-refractivity contribution in [3.63, 3.8) is 0 Å². The van der Waals surface area contributed by atoms with E-state index in [1.165, 1.54) is 0 Å². The summed E-state index contributed by atoms with van der Waals surface area (Å²) in [5.41, 5.74) is 1.32. The lowest BCUT2D eigenvalue weighted by Crippen LogP contribution is -2.39. The van der Waals surface area contributed by atoms with Gasteiger partial charge >= 0.3 is 6.03 Å². The van der Waals surface area contributed by atoms with Gasteiger partial charge in [0.1, 0.15) is 0 Å². The first kappa shape index (κ1) is 18.8. The van der Waals surface area contributed by atoms with Crippen LogP contribution in [0, 0.1) is 0 Å². The van der Waals surface area contributed by atoms with Gasteiger partial charge in [-0.3, -0.25) is 4.79 Å². The predicted octanol–water partition coefficient (Wildman–Crippen LogP) is 3.28. The van der Waals surface area contributed by atoms with E-state index in [-0.39, 0.29) is 24.4 Å². The van der Waals surface area contributed by atoms with Gasteiger partial charge in [-0.25, -0.2) is 4.79 Å². The Balaban J connectivity index is 1.63. The molecule has 0 unspecified atom stereocenters. The molecule has 2 N–H and O–H groups in total. The van der Waals surface area contributed by atoms with Gasteiger partial charge in [-0.15, -0.1) is 0 Å². The summed E-state index contributed by atoms with van der Waals surface area (Å²) in [5, 5.41) is 6.14. The van der Waals surface area contributed by atoms with Crippen molar-refractivity contribution in [1.82, 2.24) is 5.32 Å². The molecular formula is C19H20ClN3O4. The van der Waals surface area contributed by atoms with Gasteiger partial charge < -0.3 is 25.0 Å². The third kappa shape index (κ3) is 4.43. The molecule has 1 saturated heterocycles. The normalized spacial score (nSPS) is 16.2. The Kier molecular flexibility index (Phi) is 5.71. The minimum absolute atomic E-state index is 0.0704. The zero-order valence-electron chi connectivity index (χ0n) is 15.0. The Morgan fingerprint density at radius 3 is 2.48 bits per heavy atom. The van der Waals surface area contributed by atoms with Crippen LogP contribution in [0.4, 0.5) is 16.2 Å². The largest absolute Gasteiger partial charge is 0.493 e. The molecule has 1 aliphatic heterocycles. The fraction of sp³-hybridized carbons (Fsp3) is 0.263. The number of urea groups is 1. The van der Waals surface area contributed by atoms with Gasteiger partial charge in [0.15, 0.2) is 11.5 Å². The van der Waals surface area contributed by atoms with E-state index in [4.69, 9.17) is 21.1 Å². The highest BCUT2D eigenvalue weighted by atomic mass is 35.5. The van der Waals surface area contributed by atoms with Gasteiger partial charge in [0.25, 0.3) is 0 Å². The van der Waals surface area contributed by atoms with Gasteiger partial charge in [0, 0.05) is 35.4 Å². The third-order valence-corrected chi connectivity index (χ3v) is 4.49. The second kappa shape index (κ2) is 8.18. The molecule has 142 valence electrons. The van der Waals surface area contributed by atoms with E-state index in [9.17, 15) is 9.59 Å². The van der Waals surface area contributed by atoms with Crippen molar-refractivity contribution in [2.45, 2.75) is 12.5 Å². The molecule has 0 aromatic heterocycles. The predicted molar refractivity (Wildman–Crippen MR) is 104 cm³/mol. The lowest BCUT2D eigenvalue weighted by Gasteiger charge is -2.19. The second-order valence-electron chi connectivity index (χ2n) is 6.05. The molecule has 0 spiro atoms. The third-order valence-electron chi connectivity index (χ3n) is 4.24. The monoisotopic (exact) mass is 389 g/mol. The smallest absolute Gasteiger partial charge is 0.319 e. The van der Waals surface area contributed by atoms with Crippen LogP contribution >= 0.6 is 11.6 Å². The Morgan fingerprint density at radius 2 is 1.81 bits per heavy atom. The van der Waals surface area contributed by atoms with E-state index < -0.39 is 0 Å². The first-order valence-electron chi connectivity index (χ1n) is 8.35. The van der Waals surface area contributed by atoms with Crippen molar-refractivity contribution in [2.24, 2.45) is 0 Å². The molecule has 0 aliphatic carbocycles. The lowest BCUT2D eigenvalue weighted by molar-refractivity contribution is -0.117. The van der Waals surface area contributed by atoms with Crippen molar-refractivity contribution < 1.29 is 19.1 Å². The summed E-state index contributed by atoms with van der Waals surface area (Å²) in [6.07, 6.45) is 0.225. The Bertz CT molecular complexity index is 841. The summed E-state index contributed by atoms with van der Waals surface area (Å²) in [7, 11) is 3.09. The van der Waals surface area contributed by atoms with Crippen LogP contribution in [0.5, 0.6) is 11.5 Å². The van der Waals surface area contributed by atoms with Crippen LogP contribution in [-0.4, -0.2) is 38.7 Å². The maximum Gasteiger partial charge on any atom is 0.319 e. The number of amides is 3. The highest BCUT2D eigenvalue weighted by Gasteiger charge is 2.32. The molecule has 1 fully saturated rings. The summed E-state index contributed by atoms with van der Waals surface area (Å²) in [4.78, 5) is 26.2. The maximum absolute atomic E-state index is 12.4. The fourth-order valence-corrected chi connectivity index (χ4v) is 3.06. The van der Waals surface area contributed by atoms with Crippen LogP contribution in [0.25, 0.3) is 0 Å². The summed E-state index contributed by atoms with van der Waals surface area (Å²) in [5.74, 6) is 1.06. The average molecular weight is 390 g/mol. The number of benzene rings is 2. The first-order valence-corrected chi connectivity index (χ1v) is 8.73. The molecule has 1 atom stereocenters. The quantitative estimate of drug-likeness (QED) is 0.822. The minimum atomic E-state index is -0.371. The van der Waals surface area contributed by atoms with Crippen molar-refractivity contribution in [1.29, 1.82) is 0 Å². The van der Waals surface area contributed by atoms with Crippen LogP contribution in [0.1, 0.15) is 6.42 Å². The van der Waals surface area contributed by atoms with Crippen molar-refractivity contribution in [3.05, 3.63) is 47.5 Å². The van der Waals surface area contributed by atoms with Gasteiger partial charge in [0.05, 0.1) is 20.3 Å². The van der Waals surface area contributed by atoms with Crippen LogP contribution in [-0.2, 0) is 4.79 Å². The lowest BCUT2D eigenvalue weighted by atomic mass is 10.2. The standard InChI is InChI=1S/C19H20ClN3O4/c1-26-16-8-7-15(10-17(16)27-2)23-11-14(9-18(23)24)22-19(25)21-13-5-3-12(20)4-6-13/h3-8,10,14H,9,11H2,1-2H3,(H2,21,22,25)/t14-/m0/s1. The van der Waals surface area contributed by atoms with E-state index in [0.717, 1.165) is 0 Å². The van der Waals surface area contributed by atoms with Crippen LogP contribution in [0.3, 0.4) is 0 Å². The topological polar surface area (TPSA) is 79.9 Å². The van der Waals surface area contributed by atoms with Crippen molar-refractivity contribution in [3.8, 4) is 11.5 Å². The molecule has 27 heavy (non-hydrogen) atoms. The number of halogens is 1. The van der Waals surface area contributed by atoms with E-state index >= 15 is 0 Å². The minimum Gasteiger partial charge on any atom is -0.493 e. The van der Waals surface area contributed by atoms with Gasteiger partial charge in [-0.05, 0) is 36.4 Å². The molecule has 3 rings (SSSR count). The second-order valence-corrected chi connectivity index (χ2v) is 6.49. The molecule has 8 heteroatoms. The number of carbonyl (C=O) groups excluding carboxylic acids is 2. The number of carbonyl (C=O) groups is 2. The van der Waals surface area contributed by atoms with E-state index in [1.807, 2.05) is 0 Å². The number of nitrogens with zero attached hydrogens (tertiary/aromatic N) is 1. The molecule has 2 aromatic rings. The molecule has 0 saturated carbocycles. The van der Waals surface area contributed by atoms with Gasteiger partial charge in [-0.1, -0.05) is 11.6 Å². The number of methoxy groups -OCH3 is 2. The first-order chi connectivity index (χ1) is 13.0. The molecule has 1 heterocycles. The number of rotatable bonds is 5. The number of anilines is 2. The molecule has 1 aliphatic rings.